The predicted molar refractivity (Wildman–Crippen MR) is 66.0 cm³/mol. The van der Waals surface area contributed by atoms with Crippen LogP contribution in [0.3, 0.4) is 0 Å². The number of benzene rings is 1. The van der Waals surface area contributed by atoms with Crippen molar-refractivity contribution in [2.75, 3.05) is 6.54 Å². The fourth-order valence-corrected chi connectivity index (χ4v) is 1.94. The van der Waals surface area contributed by atoms with Gasteiger partial charge in [-0.1, -0.05) is 44.2 Å². The molecule has 3 nitrogen and oxygen atoms in total. The van der Waals surface area contributed by atoms with Crippen molar-refractivity contribution in [1.82, 2.24) is 5.32 Å². The van der Waals surface area contributed by atoms with Crippen molar-refractivity contribution in [2.24, 2.45) is 5.73 Å². The number of hydrogen-bond donors (Lipinski definition) is 2. The molecule has 0 fully saturated rings. The molecule has 0 aliphatic rings. The molecular formula is C13H20N2O. The Morgan fingerprint density at radius 1 is 1.31 bits per heavy atom. The van der Waals surface area contributed by atoms with E-state index in [0.717, 1.165) is 12.1 Å². The first-order valence-corrected chi connectivity index (χ1v) is 5.73. The minimum atomic E-state index is -0.615. The molecule has 0 saturated heterocycles. The van der Waals surface area contributed by atoms with Crippen LogP contribution in [-0.4, -0.2) is 18.0 Å². The Morgan fingerprint density at radius 3 is 2.38 bits per heavy atom. The van der Waals surface area contributed by atoms with E-state index in [1.165, 1.54) is 0 Å². The van der Waals surface area contributed by atoms with Crippen molar-refractivity contribution in [2.45, 2.75) is 32.2 Å². The average Bonchev–Trinajstić information content (AvgIpc) is 2.29. The molecule has 0 aliphatic heterocycles. The van der Waals surface area contributed by atoms with E-state index in [2.05, 4.69) is 5.32 Å². The summed E-state index contributed by atoms with van der Waals surface area (Å²) in [6.45, 7) is 4.71. The Labute approximate surface area is 97.0 Å². The minimum Gasteiger partial charge on any atom is -0.368 e. The highest BCUT2D eigenvalue weighted by Gasteiger charge is 2.33. The molecule has 3 heteroatoms. The van der Waals surface area contributed by atoms with Gasteiger partial charge in [-0.15, -0.1) is 0 Å². The monoisotopic (exact) mass is 220 g/mol. The Hall–Kier alpha value is -1.35. The van der Waals surface area contributed by atoms with Crippen molar-refractivity contribution in [1.29, 1.82) is 0 Å². The number of hydrogen-bond acceptors (Lipinski definition) is 2. The summed E-state index contributed by atoms with van der Waals surface area (Å²) in [6, 6.07) is 9.95. The Morgan fingerprint density at radius 2 is 1.94 bits per heavy atom. The molecule has 0 bridgehead atoms. The third-order valence-corrected chi connectivity index (χ3v) is 2.94. The topological polar surface area (TPSA) is 55.1 Å². The molecule has 1 rings (SSSR count). The van der Waals surface area contributed by atoms with Gasteiger partial charge in [-0.25, -0.2) is 0 Å². The molecule has 0 aliphatic carbocycles. The largest absolute Gasteiger partial charge is 0.368 e. The van der Waals surface area contributed by atoms with E-state index in [1.54, 1.807) is 0 Å². The van der Waals surface area contributed by atoms with Crippen LogP contribution in [0, 0.1) is 0 Å². The first-order chi connectivity index (χ1) is 7.64. The minimum absolute atomic E-state index is 0.277. The van der Waals surface area contributed by atoms with Crippen LogP contribution >= 0.6 is 0 Å². The first kappa shape index (κ1) is 12.7. The number of rotatable bonds is 6. The Kier molecular flexibility index (Phi) is 4.50. The normalized spacial score (nSPS) is 14.4. The van der Waals surface area contributed by atoms with Gasteiger partial charge in [0.2, 0.25) is 5.91 Å². The lowest BCUT2D eigenvalue weighted by Gasteiger charge is -2.30. The average molecular weight is 220 g/mol. The number of nitrogens with two attached hydrogens (primary N) is 1. The standard InChI is InChI=1S/C13H20N2O/c1-3-13(12(14)16,15-4-2)10-11-8-6-5-7-9-11/h5-9,15H,3-4,10H2,1-2H3,(H2,14,16). The third-order valence-electron chi connectivity index (χ3n) is 2.94. The van der Waals surface area contributed by atoms with Gasteiger partial charge < -0.3 is 11.1 Å². The van der Waals surface area contributed by atoms with Crippen molar-refractivity contribution in [3.8, 4) is 0 Å². The van der Waals surface area contributed by atoms with E-state index in [9.17, 15) is 4.79 Å². The van der Waals surface area contributed by atoms with E-state index in [4.69, 9.17) is 5.73 Å². The predicted octanol–water partition coefficient (Wildman–Crippen LogP) is 1.47. The highest BCUT2D eigenvalue weighted by molar-refractivity contribution is 5.85. The molecular weight excluding hydrogens is 200 g/mol. The maximum atomic E-state index is 11.6. The van der Waals surface area contributed by atoms with Gasteiger partial charge in [0.05, 0.1) is 0 Å². The maximum absolute atomic E-state index is 11.6. The summed E-state index contributed by atoms with van der Waals surface area (Å²) in [5, 5.41) is 3.22. The summed E-state index contributed by atoms with van der Waals surface area (Å²) in [4.78, 5) is 11.6. The van der Waals surface area contributed by atoms with Gasteiger partial charge in [-0.3, -0.25) is 4.79 Å². The zero-order valence-electron chi connectivity index (χ0n) is 9.99. The molecule has 1 aromatic rings. The van der Waals surface area contributed by atoms with Crippen molar-refractivity contribution >= 4 is 5.91 Å². The number of carbonyl (C=O) groups excluding carboxylic acids is 1. The second-order valence-corrected chi connectivity index (χ2v) is 3.99. The SMILES string of the molecule is CCNC(CC)(Cc1ccccc1)C(N)=O. The van der Waals surface area contributed by atoms with Gasteiger partial charge in [0.25, 0.3) is 0 Å². The lowest BCUT2D eigenvalue weighted by atomic mass is 9.87. The Bertz CT molecular complexity index is 337. The fraction of sp³-hybridized carbons (Fsp3) is 0.462. The number of primary amides is 1. The zero-order chi connectivity index (χ0) is 12.0. The highest BCUT2D eigenvalue weighted by atomic mass is 16.1. The van der Waals surface area contributed by atoms with Crippen LogP contribution < -0.4 is 11.1 Å². The van der Waals surface area contributed by atoms with E-state index in [-0.39, 0.29) is 5.91 Å². The van der Waals surface area contributed by atoms with Gasteiger partial charge in [0.15, 0.2) is 0 Å². The van der Waals surface area contributed by atoms with E-state index in [1.807, 2.05) is 44.2 Å². The van der Waals surface area contributed by atoms with Crippen LogP contribution in [0.25, 0.3) is 0 Å². The first-order valence-electron chi connectivity index (χ1n) is 5.73. The van der Waals surface area contributed by atoms with Gasteiger partial charge in [-0.05, 0) is 24.9 Å². The van der Waals surface area contributed by atoms with Gasteiger partial charge >= 0.3 is 0 Å². The molecule has 0 heterocycles. The van der Waals surface area contributed by atoms with Crippen molar-refractivity contribution < 1.29 is 4.79 Å². The maximum Gasteiger partial charge on any atom is 0.238 e. The fourth-order valence-electron chi connectivity index (χ4n) is 1.94. The second kappa shape index (κ2) is 5.66. The van der Waals surface area contributed by atoms with Crippen molar-refractivity contribution in [3.63, 3.8) is 0 Å². The summed E-state index contributed by atoms with van der Waals surface area (Å²) in [6.07, 6.45) is 1.35. The van der Waals surface area contributed by atoms with Crippen LogP contribution in [0.1, 0.15) is 25.8 Å². The number of likely N-dealkylation sites (N-methyl/N-ethyl adjacent to an activating group) is 1. The summed E-state index contributed by atoms with van der Waals surface area (Å²) < 4.78 is 0. The zero-order valence-corrected chi connectivity index (χ0v) is 9.99. The van der Waals surface area contributed by atoms with Crippen LogP contribution in [-0.2, 0) is 11.2 Å². The van der Waals surface area contributed by atoms with Gasteiger partial charge in [0.1, 0.15) is 5.54 Å². The molecule has 3 N–H and O–H groups in total. The molecule has 1 atom stereocenters. The molecule has 0 spiro atoms. The van der Waals surface area contributed by atoms with Crippen LogP contribution in [0.5, 0.6) is 0 Å². The molecule has 16 heavy (non-hydrogen) atoms. The van der Waals surface area contributed by atoms with Gasteiger partial charge in [-0.2, -0.15) is 0 Å². The lowest BCUT2D eigenvalue weighted by molar-refractivity contribution is -0.124. The number of carbonyl (C=O) groups is 1. The highest BCUT2D eigenvalue weighted by Crippen LogP contribution is 2.17. The summed E-state index contributed by atoms with van der Waals surface area (Å²) >= 11 is 0. The second-order valence-electron chi connectivity index (χ2n) is 3.99. The molecule has 0 aromatic heterocycles. The van der Waals surface area contributed by atoms with Crippen LogP contribution in [0.15, 0.2) is 30.3 Å². The van der Waals surface area contributed by atoms with E-state index in [0.29, 0.717) is 12.8 Å². The lowest BCUT2D eigenvalue weighted by Crippen LogP contribution is -2.56. The molecule has 0 radical (unpaired) electrons. The number of amides is 1. The summed E-state index contributed by atoms with van der Waals surface area (Å²) in [5.74, 6) is -0.277. The van der Waals surface area contributed by atoms with Crippen LogP contribution in [0.2, 0.25) is 0 Å². The Balaban J connectivity index is 2.90. The quantitative estimate of drug-likeness (QED) is 0.763. The smallest absolute Gasteiger partial charge is 0.238 e. The van der Waals surface area contributed by atoms with Crippen LogP contribution in [0.4, 0.5) is 0 Å². The molecule has 1 amide bonds. The molecule has 0 saturated carbocycles. The summed E-state index contributed by atoms with van der Waals surface area (Å²) in [7, 11) is 0. The molecule has 1 unspecified atom stereocenters. The van der Waals surface area contributed by atoms with E-state index < -0.39 is 5.54 Å². The van der Waals surface area contributed by atoms with Gasteiger partial charge in [0, 0.05) is 0 Å². The van der Waals surface area contributed by atoms with Crippen molar-refractivity contribution in [3.05, 3.63) is 35.9 Å². The summed E-state index contributed by atoms with van der Waals surface area (Å²) in [5.41, 5.74) is 6.03. The molecule has 1 aromatic carbocycles. The molecule has 88 valence electrons. The third kappa shape index (κ3) is 2.83. The van der Waals surface area contributed by atoms with E-state index >= 15 is 0 Å². The number of nitrogens with one attached hydrogen (secondary N) is 1.